The van der Waals surface area contributed by atoms with Crippen LogP contribution in [0.15, 0.2) is 29.7 Å². The average molecular weight is 393 g/mol. The first-order valence-corrected chi connectivity index (χ1v) is 10.4. The molecule has 0 saturated carbocycles. The Morgan fingerprint density at radius 1 is 0.741 bits per heavy atom. The molecule has 27 heavy (non-hydrogen) atoms. The van der Waals surface area contributed by atoms with E-state index in [9.17, 15) is 9.59 Å². The third-order valence-corrected chi connectivity index (χ3v) is 4.81. The molecule has 0 amide bonds. The second-order valence-electron chi connectivity index (χ2n) is 6.82. The number of Topliss-reactive ketones (excluding diaryl/α,β-unsaturated/α-hetero) is 2. The molecule has 1 aromatic carbocycles. The van der Waals surface area contributed by atoms with Gasteiger partial charge in [-0.1, -0.05) is 64.0 Å². The zero-order chi connectivity index (χ0) is 19.6. The summed E-state index contributed by atoms with van der Waals surface area (Å²) in [5.74, 6) is -0.560. The van der Waals surface area contributed by atoms with E-state index in [2.05, 4.69) is 13.8 Å². The van der Waals surface area contributed by atoms with E-state index >= 15 is 0 Å². The van der Waals surface area contributed by atoms with Crippen LogP contribution in [0.25, 0.3) is 0 Å². The third-order valence-electron chi connectivity index (χ3n) is 4.58. The lowest BCUT2D eigenvalue weighted by atomic mass is 9.92. The number of halogens is 1. The highest BCUT2D eigenvalue weighted by Gasteiger charge is 2.35. The molecule has 1 aliphatic rings. The highest BCUT2D eigenvalue weighted by atomic mass is 35.5. The van der Waals surface area contributed by atoms with E-state index in [0.717, 1.165) is 51.4 Å². The Hall–Kier alpha value is -1.81. The van der Waals surface area contributed by atoms with Crippen LogP contribution in [0.3, 0.4) is 0 Å². The lowest BCUT2D eigenvalue weighted by molar-refractivity contribution is 0.0744. The van der Waals surface area contributed by atoms with E-state index in [0.29, 0.717) is 23.8 Å². The molecule has 0 radical (unpaired) electrons. The number of carbonyl (C=O) groups is 2. The highest BCUT2D eigenvalue weighted by Crippen LogP contribution is 2.30. The summed E-state index contributed by atoms with van der Waals surface area (Å²) in [6, 6.07) is 4.72. The van der Waals surface area contributed by atoms with Gasteiger partial charge in [-0.2, -0.15) is 0 Å². The Morgan fingerprint density at radius 3 is 1.78 bits per heavy atom. The van der Waals surface area contributed by atoms with Crippen LogP contribution in [-0.2, 0) is 9.47 Å². The van der Waals surface area contributed by atoms with Crippen molar-refractivity contribution in [3.05, 3.63) is 45.9 Å². The number of hydrogen-bond donors (Lipinski definition) is 0. The zero-order valence-corrected chi connectivity index (χ0v) is 17.1. The Labute approximate surface area is 166 Å². The van der Waals surface area contributed by atoms with Crippen molar-refractivity contribution >= 4 is 23.2 Å². The van der Waals surface area contributed by atoms with E-state index in [-0.39, 0.29) is 28.6 Å². The molecule has 0 heterocycles. The number of carbonyl (C=O) groups excluding carboxylic acids is 2. The number of ketones is 2. The largest absolute Gasteiger partial charge is 0.486 e. The molecule has 0 atom stereocenters. The number of ether oxygens (including phenoxy) is 2. The van der Waals surface area contributed by atoms with Crippen molar-refractivity contribution in [3.8, 4) is 0 Å². The van der Waals surface area contributed by atoms with Crippen molar-refractivity contribution in [1.29, 1.82) is 0 Å². The Morgan fingerprint density at radius 2 is 1.26 bits per heavy atom. The van der Waals surface area contributed by atoms with Crippen molar-refractivity contribution in [3.63, 3.8) is 0 Å². The maximum absolute atomic E-state index is 12.9. The van der Waals surface area contributed by atoms with Crippen molar-refractivity contribution in [2.45, 2.75) is 65.2 Å². The van der Waals surface area contributed by atoms with Gasteiger partial charge >= 0.3 is 0 Å². The maximum atomic E-state index is 12.9. The highest BCUT2D eigenvalue weighted by molar-refractivity contribution is 6.32. The van der Waals surface area contributed by atoms with Gasteiger partial charge in [-0.05, 0) is 31.0 Å². The Balaban J connectivity index is 2.16. The van der Waals surface area contributed by atoms with Crippen LogP contribution in [-0.4, -0.2) is 24.8 Å². The first-order chi connectivity index (χ1) is 13.1. The Kier molecular flexibility index (Phi) is 8.86. The van der Waals surface area contributed by atoms with Crippen LogP contribution < -0.4 is 0 Å². The van der Waals surface area contributed by atoms with Crippen LogP contribution in [0.5, 0.6) is 0 Å². The van der Waals surface area contributed by atoms with Crippen molar-refractivity contribution in [1.82, 2.24) is 0 Å². The molecule has 0 aliphatic heterocycles. The number of rotatable bonds is 12. The minimum Gasteiger partial charge on any atom is -0.486 e. The monoisotopic (exact) mass is 392 g/mol. The van der Waals surface area contributed by atoms with Crippen LogP contribution in [0, 0.1) is 0 Å². The minimum absolute atomic E-state index is 0.0294. The standard InChI is InChI=1S/C22H29ClO4/c1-3-5-7-9-13-26-21-19(24)17-12-11-16(23)15-18(17)20(25)22(21)27-14-10-8-6-4-2/h11-12,15H,3-10,13-14H2,1-2H3. The topological polar surface area (TPSA) is 52.6 Å². The smallest absolute Gasteiger partial charge is 0.232 e. The summed E-state index contributed by atoms with van der Waals surface area (Å²) in [4.78, 5) is 25.8. The molecular weight excluding hydrogens is 364 g/mol. The number of unbranched alkanes of at least 4 members (excludes halogenated alkanes) is 6. The summed E-state index contributed by atoms with van der Waals surface area (Å²) < 4.78 is 11.5. The lowest BCUT2D eigenvalue weighted by Crippen LogP contribution is -2.25. The van der Waals surface area contributed by atoms with E-state index in [4.69, 9.17) is 21.1 Å². The summed E-state index contributed by atoms with van der Waals surface area (Å²) >= 11 is 6.02. The van der Waals surface area contributed by atoms with Gasteiger partial charge in [0.25, 0.3) is 0 Å². The van der Waals surface area contributed by atoms with Crippen LogP contribution >= 0.6 is 11.6 Å². The van der Waals surface area contributed by atoms with Gasteiger partial charge in [-0.3, -0.25) is 9.59 Å². The minimum atomic E-state index is -0.328. The van der Waals surface area contributed by atoms with Crippen molar-refractivity contribution in [2.75, 3.05) is 13.2 Å². The second kappa shape index (κ2) is 11.1. The van der Waals surface area contributed by atoms with Gasteiger partial charge in [0.05, 0.1) is 13.2 Å². The molecule has 0 unspecified atom stereocenters. The lowest BCUT2D eigenvalue weighted by Gasteiger charge is -2.21. The summed E-state index contributed by atoms with van der Waals surface area (Å²) in [6.45, 7) is 5.07. The second-order valence-corrected chi connectivity index (χ2v) is 7.26. The molecule has 148 valence electrons. The fourth-order valence-electron chi connectivity index (χ4n) is 3.02. The number of fused-ring (bicyclic) bond motifs is 1. The fourth-order valence-corrected chi connectivity index (χ4v) is 3.19. The molecule has 0 aromatic heterocycles. The fraction of sp³-hybridized carbons (Fsp3) is 0.545. The van der Waals surface area contributed by atoms with E-state index < -0.39 is 0 Å². The van der Waals surface area contributed by atoms with Gasteiger partial charge in [-0.25, -0.2) is 0 Å². The van der Waals surface area contributed by atoms with Crippen LogP contribution in [0.2, 0.25) is 5.02 Å². The van der Waals surface area contributed by atoms with Gasteiger partial charge < -0.3 is 9.47 Å². The first kappa shape index (κ1) is 21.5. The maximum Gasteiger partial charge on any atom is 0.232 e. The van der Waals surface area contributed by atoms with E-state index in [1.807, 2.05) is 0 Å². The number of benzene rings is 1. The molecule has 0 bridgehead atoms. The zero-order valence-electron chi connectivity index (χ0n) is 16.3. The predicted molar refractivity (Wildman–Crippen MR) is 107 cm³/mol. The predicted octanol–water partition coefficient (Wildman–Crippen LogP) is 6.12. The van der Waals surface area contributed by atoms with Gasteiger partial charge in [0.15, 0.2) is 0 Å². The SMILES string of the molecule is CCCCCCOC1=C(OCCCCCC)C(=O)c2cc(Cl)ccc2C1=O. The molecule has 4 nitrogen and oxygen atoms in total. The van der Waals surface area contributed by atoms with Crippen molar-refractivity contribution in [2.24, 2.45) is 0 Å². The molecule has 0 fully saturated rings. The van der Waals surface area contributed by atoms with E-state index in [1.54, 1.807) is 12.1 Å². The molecular formula is C22H29ClO4. The van der Waals surface area contributed by atoms with Gasteiger partial charge in [0, 0.05) is 16.1 Å². The molecule has 1 aliphatic carbocycles. The third kappa shape index (κ3) is 5.83. The molecule has 1 aromatic rings. The Bertz CT molecular complexity index is 694. The summed E-state index contributed by atoms with van der Waals surface area (Å²) in [5.41, 5.74) is 0.612. The van der Waals surface area contributed by atoms with Gasteiger partial charge in [-0.15, -0.1) is 0 Å². The summed E-state index contributed by atoms with van der Waals surface area (Å²) in [6.07, 6.45) is 8.23. The number of allylic oxidation sites excluding steroid dienone is 2. The molecule has 5 heteroatoms. The first-order valence-electron chi connectivity index (χ1n) is 9.99. The molecule has 0 spiro atoms. The molecule has 0 N–H and O–H groups in total. The van der Waals surface area contributed by atoms with Gasteiger partial charge in [0.1, 0.15) is 0 Å². The summed E-state index contributed by atoms with van der Waals surface area (Å²) in [5, 5.41) is 0.418. The van der Waals surface area contributed by atoms with Gasteiger partial charge in [0.2, 0.25) is 23.1 Å². The number of hydrogen-bond acceptors (Lipinski definition) is 4. The quantitative estimate of drug-likeness (QED) is 0.402. The van der Waals surface area contributed by atoms with Crippen LogP contribution in [0.4, 0.5) is 0 Å². The molecule has 0 saturated heterocycles. The average Bonchev–Trinajstić information content (AvgIpc) is 2.66. The van der Waals surface area contributed by atoms with Crippen molar-refractivity contribution < 1.29 is 19.1 Å². The normalized spacial score (nSPS) is 13.7. The van der Waals surface area contributed by atoms with E-state index in [1.165, 1.54) is 6.07 Å². The molecule has 2 rings (SSSR count). The summed E-state index contributed by atoms with van der Waals surface area (Å²) in [7, 11) is 0. The van der Waals surface area contributed by atoms with Crippen LogP contribution in [0.1, 0.15) is 85.9 Å².